The second-order valence-corrected chi connectivity index (χ2v) is 11.5. The van der Waals surface area contributed by atoms with E-state index in [1.54, 1.807) is 39.1 Å². The molecule has 1 aromatic rings. The molecule has 1 fully saturated rings. The molecule has 4 rings (SSSR count). The summed E-state index contributed by atoms with van der Waals surface area (Å²) in [6, 6.07) is 3.81. The molecule has 2 aliphatic heterocycles. The number of hydrogen-bond donors (Lipinski definition) is 1. The van der Waals surface area contributed by atoms with E-state index in [0.717, 1.165) is 29.7 Å². The van der Waals surface area contributed by atoms with Gasteiger partial charge in [-0.05, 0) is 49.6 Å². The summed E-state index contributed by atoms with van der Waals surface area (Å²) in [4.78, 5) is 23.5. The maximum atomic E-state index is 17.0. The van der Waals surface area contributed by atoms with E-state index in [9.17, 15) is 22.4 Å². The summed E-state index contributed by atoms with van der Waals surface area (Å²) in [5.74, 6) is -0.295. The lowest BCUT2D eigenvalue weighted by molar-refractivity contribution is -0.0901. The van der Waals surface area contributed by atoms with E-state index in [2.05, 4.69) is 21.8 Å². The van der Waals surface area contributed by atoms with Crippen molar-refractivity contribution in [2.45, 2.75) is 45.8 Å². The number of aryl methyl sites for hydroxylation is 1. The minimum atomic E-state index is -4.73. The Morgan fingerprint density at radius 1 is 1.04 bits per heavy atom. The second-order valence-electron chi connectivity index (χ2n) is 11.5. The van der Waals surface area contributed by atoms with Gasteiger partial charge in [0.1, 0.15) is 17.5 Å². The van der Waals surface area contributed by atoms with Gasteiger partial charge < -0.3 is 20.0 Å². The standard InChI is InChI=1S/C34H41F5N6O/c1-7-26-27(24(4)41-29-12-10-25(35)9-11-28(29)34(37,38)39)20-22(2)8-13-31(46)43(6)33(32(26)36)45-18-16-44(17-19-45)30-14-15-40-21-23(3)42(30)5/h8,10-14,20-21,24,41H,3,7,9,15-19H2,1-2,4-6H3/t24-/m1/s1. The highest BCUT2D eigenvalue weighted by atomic mass is 19.4. The number of hydrogen-bond acceptors (Lipinski definition) is 6. The zero-order chi connectivity index (χ0) is 33.8. The Labute approximate surface area is 266 Å². The summed E-state index contributed by atoms with van der Waals surface area (Å²) in [7, 11) is 3.43. The normalized spacial score (nSPS) is 18.1. The van der Waals surface area contributed by atoms with Crippen molar-refractivity contribution in [1.29, 1.82) is 0 Å². The summed E-state index contributed by atoms with van der Waals surface area (Å²) in [5.41, 5.74) is 0.308. The van der Waals surface area contributed by atoms with Crippen LogP contribution in [0.2, 0.25) is 0 Å². The quantitative estimate of drug-likeness (QED) is 0.369. The number of aromatic nitrogens is 1. The molecule has 1 N–H and O–H groups in total. The number of allylic oxidation sites excluding steroid dienone is 6. The number of halogens is 5. The average Bonchev–Trinajstić information content (AvgIpc) is 3.30. The number of nitrogens with zero attached hydrogens (tertiary/aromatic N) is 5. The monoisotopic (exact) mass is 644 g/mol. The summed E-state index contributed by atoms with van der Waals surface area (Å²) in [6.07, 6.45) is 1.58. The molecule has 3 aliphatic rings. The van der Waals surface area contributed by atoms with Gasteiger partial charge in [0.25, 0.3) is 5.56 Å². The van der Waals surface area contributed by atoms with Crippen molar-refractivity contribution >= 4 is 12.0 Å². The maximum absolute atomic E-state index is 17.0. The zero-order valence-corrected chi connectivity index (χ0v) is 26.9. The molecular weight excluding hydrogens is 603 g/mol. The van der Waals surface area contributed by atoms with Gasteiger partial charge in [-0.1, -0.05) is 37.3 Å². The smallest absolute Gasteiger partial charge is 0.378 e. The summed E-state index contributed by atoms with van der Waals surface area (Å²) in [6.45, 7) is 11.6. The molecule has 1 aromatic heterocycles. The lowest BCUT2D eigenvalue weighted by Gasteiger charge is -2.41. The molecule has 1 atom stereocenters. The Bertz CT molecular complexity index is 1630. The van der Waals surface area contributed by atoms with E-state index in [-0.39, 0.29) is 23.5 Å². The third-order valence-corrected chi connectivity index (χ3v) is 8.35. The van der Waals surface area contributed by atoms with E-state index in [4.69, 9.17) is 0 Å². The van der Waals surface area contributed by atoms with Crippen LogP contribution in [0.1, 0.15) is 43.0 Å². The van der Waals surface area contributed by atoms with Gasteiger partial charge in [-0.3, -0.25) is 14.4 Å². The molecule has 3 heterocycles. The van der Waals surface area contributed by atoms with Gasteiger partial charge in [-0.2, -0.15) is 13.2 Å². The summed E-state index contributed by atoms with van der Waals surface area (Å²) in [5, 5.41) is 2.88. The highest BCUT2D eigenvalue weighted by Gasteiger charge is 2.37. The van der Waals surface area contributed by atoms with Crippen molar-refractivity contribution in [2.24, 2.45) is 12.0 Å². The van der Waals surface area contributed by atoms with E-state index in [1.165, 1.54) is 17.7 Å². The van der Waals surface area contributed by atoms with E-state index >= 15 is 4.39 Å². The van der Waals surface area contributed by atoms with E-state index in [1.807, 2.05) is 22.9 Å². The van der Waals surface area contributed by atoms with Crippen LogP contribution in [-0.2, 0) is 13.5 Å². The van der Waals surface area contributed by atoms with E-state index in [0.29, 0.717) is 43.9 Å². The molecule has 248 valence electrons. The Hall–Kier alpha value is -4.35. The Balaban J connectivity index is 1.78. The summed E-state index contributed by atoms with van der Waals surface area (Å²) < 4.78 is 74.1. The van der Waals surface area contributed by atoms with Crippen molar-refractivity contribution < 1.29 is 22.0 Å². The molecule has 0 aromatic carbocycles. The number of nitrogens with one attached hydrogen (secondary N) is 1. The van der Waals surface area contributed by atoms with Crippen molar-refractivity contribution in [3.8, 4) is 0 Å². The van der Waals surface area contributed by atoms with Crippen molar-refractivity contribution in [3.63, 3.8) is 0 Å². The molecule has 1 aliphatic carbocycles. The second kappa shape index (κ2) is 14.4. The van der Waals surface area contributed by atoms with Gasteiger partial charge >= 0.3 is 6.18 Å². The Kier molecular flexibility index (Phi) is 10.8. The number of aliphatic imine (C=N–C) groups is 1. The van der Waals surface area contributed by atoms with Crippen LogP contribution in [0.3, 0.4) is 0 Å². The molecule has 0 saturated carbocycles. The molecule has 46 heavy (non-hydrogen) atoms. The molecule has 7 nitrogen and oxygen atoms in total. The molecular formula is C34H41F5N6O. The van der Waals surface area contributed by atoms with Crippen LogP contribution in [0.4, 0.5) is 27.8 Å². The van der Waals surface area contributed by atoms with Gasteiger partial charge in [0, 0.05) is 70.7 Å². The summed E-state index contributed by atoms with van der Waals surface area (Å²) >= 11 is 0. The van der Waals surface area contributed by atoms with Gasteiger partial charge in [0.15, 0.2) is 5.82 Å². The van der Waals surface area contributed by atoms with Crippen LogP contribution in [0.15, 0.2) is 87.5 Å². The van der Waals surface area contributed by atoms with Gasteiger partial charge in [0.05, 0.1) is 17.8 Å². The predicted molar refractivity (Wildman–Crippen MR) is 173 cm³/mol. The highest BCUT2D eigenvalue weighted by molar-refractivity contribution is 5.77. The average molecular weight is 645 g/mol. The molecule has 0 bridgehead atoms. The van der Waals surface area contributed by atoms with Crippen molar-refractivity contribution in [1.82, 2.24) is 19.7 Å². The fraction of sp³-hybridized carbons (Fsp3) is 0.412. The van der Waals surface area contributed by atoms with Crippen LogP contribution in [0, 0.1) is 12.7 Å². The minimum Gasteiger partial charge on any atom is -0.378 e. The van der Waals surface area contributed by atoms with Crippen LogP contribution in [0.5, 0.6) is 0 Å². The predicted octanol–water partition coefficient (Wildman–Crippen LogP) is 6.29. The molecule has 1 saturated heterocycles. The lowest BCUT2D eigenvalue weighted by Crippen LogP contribution is -2.49. The first-order valence-corrected chi connectivity index (χ1v) is 15.2. The number of rotatable bonds is 6. The van der Waals surface area contributed by atoms with Crippen LogP contribution in [0.25, 0.3) is 0 Å². The fourth-order valence-electron chi connectivity index (χ4n) is 5.80. The van der Waals surface area contributed by atoms with Crippen LogP contribution < -0.4 is 15.8 Å². The SMILES string of the molecule is C=C1C=NCC=C(N2CCN(c3c(F)c(CC)c([C@@H](C)NC4=CC=C(F)CC=C4C(F)(F)F)cc(C)ccc(=O)n3C)CC2)N1C. The first-order chi connectivity index (χ1) is 21.7. The molecule has 0 unspecified atom stereocenters. The Morgan fingerprint density at radius 2 is 1.72 bits per heavy atom. The minimum absolute atomic E-state index is 0.0920. The third kappa shape index (κ3) is 7.71. The van der Waals surface area contributed by atoms with Crippen LogP contribution in [-0.4, -0.2) is 66.5 Å². The fourth-order valence-corrected chi connectivity index (χ4v) is 5.80. The van der Waals surface area contributed by atoms with Gasteiger partial charge in [0.2, 0.25) is 0 Å². The van der Waals surface area contributed by atoms with Gasteiger partial charge in [-0.25, -0.2) is 8.78 Å². The zero-order valence-electron chi connectivity index (χ0n) is 26.9. The molecule has 0 radical (unpaired) electrons. The highest BCUT2D eigenvalue weighted by Crippen LogP contribution is 2.35. The maximum Gasteiger partial charge on any atom is 0.418 e. The first kappa shape index (κ1) is 34.5. The topological polar surface area (TPSA) is 56.1 Å². The van der Waals surface area contributed by atoms with E-state index < -0.39 is 41.4 Å². The number of alkyl halides is 3. The van der Waals surface area contributed by atoms with Gasteiger partial charge in [-0.15, -0.1) is 0 Å². The van der Waals surface area contributed by atoms with Crippen molar-refractivity contribution in [3.05, 3.63) is 111 Å². The molecule has 0 amide bonds. The van der Waals surface area contributed by atoms with Crippen LogP contribution >= 0.6 is 0 Å². The number of anilines is 1. The largest absolute Gasteiger partial charge is 0.418 e. The number of piperazine rings is 1. The first-order valence-electron chi connectivity index (χ1n) is 15.2. The Morgan fingerprint density at radius 3 is 2.37 bits per heavy atom. The third-order valence-electron chi connectivity index (χ3n) is 8.35. The lowest BCUT2D eigenvalue weighted by atomic mass is 9.98. The van der Waals surface area contributed by atoms with Crippen molar-refractivity contribution in [2.75, 3.05) is 44.7 Å². The molecule has 0 spiro atoms. The molecule has 12 heteroatoms.